The van der Waals surface area contributed by atoms with Crippen LogP contribution in [-0.2, 0) is 6.42 Å². The van der Waals surface area contributed by atoms with Crippen molar-refractivity contribution in [2.75, 3.05) is 26.7 Å². The van der Waals surface area contributed by atoms with Crippen molar-refractivity contribution >= 4 is 15.9 Å². The van der Waals surface area contributed by atoms with Crippen LogP contribution < -0.4 is 5.73 Å². The van der Waals surface area contributed by atoms with E-state index in [1.54, 1.807) is 0 Å². The number of rotatable bonds is 7. The zero-order valence-corrected chi connectivity index (χ0v) is 13.3. The van der Waals surface area contributed by atoms with Crippen LogP contribution in [-0.4, -0.2) is 31.6 Å². The van der Waals surface area contributed by atoms with E-state index >= 15 is 0 Å². The lowest BCUT2D eigenvalue weighted by molar-refractivity contribution is 0.242. The van der Waals surface area contributed by atoms with Gasteiger partial charge < -0.3 is 10.6 Å². The van der Waals surface area contributed by atoms with Crippen LogP contribution in [0.2, 0.25) is 0 Å². The summed E-state index contributed by atoms with van der Waals surface area (Å²) < 4.78 is 1.21. The lowest BCUT2D eigenvalue weighted by atomic mass is 9.95. The van der Waals surface area contributed by atoms with Crippen molar-refractivity contribution in [3.05, 3.63) is 34.3 Å². The van der Waals surface area contributed by atoms with Gasteiger partial charge in [0.2, 0.25) is 0 Å². The molecule has 0 saturated heterocycles. The first-order chi connectivity index (χ1) is 8.54. The normalized spacial score (nSPS) is 13.3. The van der Waals surface area contributed by atoms with E-state index in [1.807, 2.05) is 0 Å². The topological polar surface area (TPSA) is 29.3 Å². The lowest BCUT2D eigenvalue weighted by Gasteiger charge is -2.25. The predicted octanol–water partition coefficient (Wildman–Crippen LogP) is 3.15. The Kier molecular flexibility index (Phi) is 6.90. The highest BCUT2D eigenvalue weighted by molar-refractivity contribution is 9.10. The van der Waals surface area contributed by atoms with Gasteiger partial charge in [0, 0.05) is 17.6 Å². The highest BCUT2D eigenvalue weighted by Gasteiger charge is 2.13. The van der Waals surface area contributed by atoms with Crippen molar-refractivity contribution in [1.29, 1.82) is 0 Å². The van der Waals surface area contributed by atoms with Gasteiger partial charge in [0.05, 0.1) is 0 Å². The number of nitrogens with zero attached hydrogens (tertiary/aromatic N) is 1. The van der Waals surface area contributed by atoms with Gasteiger partial charge in [0.15, 0.2) is 0 Å². The van der Waals surface area contributed by atoms with Crippen LogP contribution in [0.15, 0.2) is 28.7 Å². The molecule has 1 rings (SSSR count). The van der Waals surface area contributed by atoms with Gasteiger partial charge in [0.1, 0.15) is 0 Å². The summed E-state index contributed by atoms with van der Waals surface area (Å²) in [5.41, 5.74) is 7.19. The van der Waals surface area contributed by atoms with Gasteiger partial charge in [-0.1, -0.05) is 48.0 Å². The Morgan fingerprint density at radius 2 is 1.94 bits per heavy atom. The summed E-state index contributed by atoms with van der Waals surface area (Å²) in [5, 5.41) is 0. The molecule has 3 heteroatoms. The van der Waals surface area contributed by atoms with E-state index in [2.05, 4.69) is 66.0 Å². The molecule has 2 N–H and O–H groups in total. The van der Waals surface area contributed by atoms with Gasteiger partial charge in [-0.2, -0.15) is 0 Å². The molecular formula is C15H25BrN2. The quantitative estimate of drug-likeness (QED) is 0.838. The molecule has 0 radical (unpaired) electrons. The summed E-state index contributed by atoms with van der Waals surface area (Å²) >= 11 is 3.60. The Balaban J connectivity index is 2.41. The number of benzene rings is 1. The molecule has 0 saturated carbocycles. The maximum Gasteiger partial charge on any atom is 0.0207 e. The molecule has 1 unspecified atom stereocenters. The molecule has 0 aromatic heterocycles. The molecule has 1 aromatic rings. The molecule has 1 atom stereocenters. The zero-order chi connectivity index (χ0) is 13.5. The van der Waals surface area contributed by atoms with Crippen molar-refractivity contribution in [1.82, 2.24) is 4.90 Å². The van der Waals surface area contributed by atoms with Crippen LogP contribution in [0.3, 0.4) is 0 Å². The molecule has 2 nitrogen and oxygen atoms in total. The van der Waals surface area contributed by atoms with E-state index in [9.17, 15) is 0 Å². The van der Waals surface area contributed by atoms with Crippen LogP contribution in [0.5, 0.6) is 0 Å². The number of likely N-dealkylation sites (N-methyl/N-ethyl adjacent to an activating group) is 1. The first-order valence-corrected chi connectivity index (χ1v) is 7.46. The van der Waals surface area contributed by atoms with Crippen LogP contribution in [0.25, 0.3) is 0 Å². The van der Waals surface area contributed by atoms with Gasteiger partial charge in [-0.3, -0.25) is 0 Å². The molecule has 0 fully saturated rings. The second-order valence-electron chi connectivity index (χ2n) is 5.34. The first kappa shape index (κ1) is 15.7. The Labute approximate surface area is 120 Å². The van der Waals surface area contributed by atoms with Gasteiger partial charge in [0.25, 0.3) is 0 Å². The van der Waals surface area contributed by atoms with Crippen LogP contribution in [0.1, 0.15) is 19.4 Å². The highest BCUT2D eigenvalue weighted by atomic mass is 79.9. The molecule has 0 heterocycles. The lowest BCUT2D eigenvalue weighted by Crippen LogP contribution is -2.34. The van der Waals surface area contributed by atoms with E-state index in [1.165, 1.54) is 10.0 Å². The van der Waals surface area contributed by atoms with E-state index < -0.39 is 0 Å². The third kappa shape index (κ3) is 5.09. The summed E-state index contributed by atoms with van der Waals surface area (Å²) in [7, 11) is 2.18. The molecule has 0 aliphatic carbocycles. The molecule has 0 spiro atoms. The minimum atomic E-state index is 0.592. The molecule has 0 aliphatic heterocycles. The van der Waals surface area contributed by atoms with Gasteiger partial charge in [-0.05, 0) is 43.5 Å². The van der Waals surface area contributed by atoms with E-state index in [0.717, 1.165) is 26.1 Å². The number of hydrogen-bond donors (Lipinski definition) is 1. The Bertz CT molecular complexity index is 352. The molecular weight excluding hydrogens is 288 g/mol. The fourth-order valence-electron chi connectivity index (χ4n) is 2.06. The third-order valence-corrected chi connectivity index (χ3v) is 4.29. The van der Waals surface area contributed by atoms with Gasteiger partial charge in [-0.15, -0.1) is 0 Å². The Morgan fingerprint density at radius 3 is 2.50 bits per heavy atom. The van der Waals surface area contributed by atoms with Crippen molar-refractivity contribution in [3.63, 3.8) is 0 Å². The largest absolute Gasteiger partial charge is 0.330 e. The number of nitrogens with two attached hydrogens (primary N) is 1. The van der Waals surface area contributed by atoms with E-state index in [-0.39, 0.29) is 0 Å². The van der Waals surface area contributed by atoms with Gasteiger partial charge in [-0.25, -0.2) is 0 Å². The molecule has 0 bridgehead atoms. The second kappa shape index (κ2) is 7.93. The summed E-state index contributed by atoms with van der Waals surface area (Å²) in [6.07, 6.45) is 1.08. The zero-order valence-electron chi connectivity index (χ0n) is 11.7. The molecule has 1 aromatic carbocycles. The Hall–Kier alpha value is -0.380. The van der Waals surface area contributed by atoms with Crippen molar-refractivity contribution in [2.45, 2.75) is 20.3 Å². The second-order valence-corrected chi connectivity index (χ2v) is 6.20. The summed E-state index contributed by atoms with van der Waals surface area (Å²) in [4.78, 5) is 2.39. The van der Waals surface area contributed by atoms with Crippen molar-refractivity contribution < 1.29 is 0 Å². The maximum atomic E-state index is 5.82. The highest BCUT2D eigenvalue weighted by Crippen LogP contribution is 2.17. The number of hydrogen-bond acceptors (Lipinski definition) is 2. The van der Waals surface area contributed by atoms with Crippen molar-refractivity contribution in [2.24, 2.45) is 17.6 Å². The molecule has 0 aliphatic rings. The summed E-state index contributed by atoms with van der Waals surface area (Å²) in [5.74, 6) is 1.25. The molecule has 0 amide bonds. The van der Waals surface area contributed by atoms with Crippen LogP contribution in [0.4, 0.5) is 0 Å². The smallest absolute Gasteiger partial charge is 0.0207 e. The summed E-state index contributed by atoms with van der Waals surface area (Å²) in [6, 6.07) is 8.43. The standard InChI is InChI=1S/C15H25BrN2/c1-12(2)14(10-17)11-18(3)9-8-13-6-4-5-7-15(13)16/h4-7,12,14H,8-11,17H2,1-3H3. The first-order valence-electron chi connectivity index (χ1n) is 6.66. The number of halogens is 1. The monoisotopic (exact) mass is 312 g/mol. The fraction of sp³-hybridized carbons (Fsp3) is 0.600. The Morgan fingerprint density at radius 1 is 1.28 bits per heavy atom. The minimum Gasteiger partial charge on any atom is -0.330 e. The average molecular weight is 313 g/mol. The maximum absolute atomic E-state index is 5.82. The fourth-order valence-corrected chi connectivity index (χ4v) is 2.54. The van der Waals surface area contributed by atoms with E-state index in [0.29, 0.717) is 11.8 Å². The predicted molar refractivity (Wildman–Crippen MR) is 82.7 cm³/mol. The van der Waals surface area contributed by atoms with Crippen LogP contribution in [0, 0.1) is 11.8 Å². The third-order valence-electron chi connectivity index (χ3n) is 3.51. The molecule has 102 valence electrons. The van der Waals surface area contributed by atoms with Crippen LogP contribution >= 0.6 is 15.9 Å². The van der Waals surface area contributed by atoms with E-state index in [4.69, 9.17) is 5.73 Å². The minimum absolute atomic E-state index is 0.592. The molecule has 18 heavy (non-hydrogen) atoms. The SMILES string of the molecule is CC(C)C(CN)CN(C)CCc1ccccc1Br. The van der Waals surface area contributed by atoms with Gasteiger partial charge >= 0.3 is 0 Å². The average Bonchev–Trinajstić information content (AvgIpc) is 2.34. The summed E-state index contributed by atoms with van der Waals surface area (Å²) in [6.45, 7) is 7.43. The van der Waals surface area contributed by atoms with Crippen molar-refractivity contribution in [3.8, 4) is 0 Å².